The Kier molecular flexibility index (Phi) is 5.25. The summed E-state index contributed by atoms with van der Waals surface area (Å²) in [6.07, 6.45) is 3.57. The SMILES string of the molecule is Cc1cc(-c2cc3c(-c4cc(=O)n(C)cc4-c4ccccc4Cl)cn(C)c(=O)c3[nH]2)cc(C)n1. The summed E-state index contributed by atoms with van der Waals surface area (Å²) >= 11 is 6.54. The van der Waals surface area contributed by atoms with Gasteiger partial charge >= 0.3 is 0 Å². The predicted molar refractivity (Wildman–Crippen MR) is 137 cm³/mol. The lowest BCUT2D eigenvalue weighted by atomic mass is 9.95. The number of hydrogen-bond donors (Lipinski definition) is 1. The maximum atomic E-state index is 13.1. The molecule has 0 spiro atoms. The van der Waals surface area contributed by atoms with E-state index in [1.165, 1.54) is 9.13 Å². The lowest BCUT2D eigenvalue weighted by molar-refractivity contribution is 0.860. The molecule has 4 heterocycles. The number of fused-ring (bicyclic) bond motifs is 1. The number of nitrogens with one attached hydrogen (secondary N) is 1. The first-order valence-corrected chi connectivity index (χ1v) is 11.2. The fourth-order valence-electron chi connectivity index (χ4n) is 4.44. The zero-order valence-corrected chi connectivity index (χ0v) is 20.1. The molecule has 170 valence electrons. The van der Waals surface area contributed by atoms with Gasteiger partial charge in [-0.2, -0.15) is 0 Å². The summed E-state index contributed by atoms with van der Waals surface area (Å²) in [7, 11) is 3.42. The van der Waals surface area contributed by atoms with E-state index in [4.69, 9.17) is 11.6 Å². The molecular weight excluding hydrogens is 448 g/mol. The van der Waals surface area contributed by atoms with Crippen LogP contribution in [0, 0.1) is 13.8 Å². The Balaban J connectivity index is 1.85. The molecule has 0 amide bonds. The molecule has 0 bridgehead atoms. The van der Waals surface area contributed by atoms with Crippen LogP contribution in [0.25, 0.3) is 44.4 Å². The molecule has 0 saturated carbocycles. The Labute approximate surface area is 201 Å². The van der Waals surface area contributed by atoms with Crippen LogP contribution < -0.4 is 11.1 Å². The molecule has 0 saturated heterocycles. The van der Waals surface area contributed by atoms with Gasteiger partial charge in [0.05, 0.1) is 0 Å². The third kappa shape index (κ3) is 3.66. The van der Waals surface area contributed by atoms with Gasteiger partial charge in [0.1, 0.15) is 5.52 Å². The molecule has 1 aromatic carbocycles. The molecule has 0 aliphatic heterocycles. The first-order chi connectivity index (χ1) is 16.2. The molecule has 0 atom stereocenters. The molecule has 4 aromatic heterocycles. The van der Waals surface area contributed by atoms with E-state index in [0.29, 0.717) is 16.1 Å². The van der Waals surface area contributed by atoms with Gasteiger partial charge in [-0.25, -0.2) is 0 Å². The van der Waals surface area contributed by atoms with Crippen molar-refractivity contribution >= 4 is 22.5 Å². The average molecular weight is 471 g/mol. The summed E-state index contributed by atoms with van der Waals surface area (Å²) in [5, 5.41) is 1.33. The molecule has 5 aromatic rings. The second kappa shape index (κ2) is 8.15. The average Bonchev–Trinajstić information content (AvgIpc) is 3.24. The van der Waals surface area contributed by atoms with Crippen LogP contribution in [0.4, 0.5) is 0 Å². The maximum absolute atomic E-state index is 13.1. The standard InChI is InChI=1S/C27H23ClN4O2/c1-15-9-17(10-16(2)29-15)24-11-20-22(14-32(4)27(34)26(20)30-24)19-12-25(33)31(3)13-21(19)18-7-5-6-8-23(18)28/h5-14,30H,1-4H3. The number of rotatable bonds is 3. The Morgan fingerprint density at radius 2 is 1.50 bits per heavy atom. The lowest BCUT2D eigenvalue weighted by Crippen LogP contribution is -2.18. The third-order valence-electron chi connectivity index (χ3n) is 6.04. The van der Waals surface area contributed by atoms with E-state index >= 15 is 0 Å². The smallest absolute Gasteiger partial charge is 0.274 e. The fraction of sp³-hybridized carbons (Fsp3) is 0.148. The van der Waals surface area contributed by atoms with Crippen molar-refractivity contribution in [2.24, 2.45) is 14.1 Å². The summed E-state index contributed by atoms with van der Waals surface area (Å²) in [6.45, 7) is 3.89. The predicted octanol–water partition coefficient (Wildman–Crippen LogP) is 5.23. The first kappa shape index (κ1) is 21.9. The number of hydrogen-bond acceptors (Lipinski definition) is 3. The molecule has 5 rings (SSSR count). The number of H-pyrrole nitrogens is 1. The molecule has 0 aliphatic carbocycles. The van der Waals surface area contributed by atoms with E-state index in [2.05, 4.69) is 9.97 Å². The maximum Gasteiger partial charge on any atom is 0.274 e. The van der Waals surface area contributed by atoms with Gasteiger partial charge in [-0.05, 0) is 43.7 Å². The number of halogens is 1. The normalized spacial score (nSPS) is 11.3. The van der Waals surface area contributed by atoms with Gasteiger partial charge < -0.3 is 14.1 Å². The number of pyridine rings is 3. The zero-order valence-electron chi connectivity index (χ0n) is 19.3. The molecule has 34 heavy (non-hydrogen) atoms. The molecule has 0 fully saturated rings. The van der Waals surface area contributed by atoms with E-state index in [0.717, 1.165) is 44.7 Å². The number of aryl methyl sites for hydroxylation is 4. The Morgan fingerprint density at radius 1 is 0.824 bits per heavy atom. The molecular formula is C27H23ClN4O2. The molecule has 0 radical (unpaired) electrons. The monoisotopic (exact) mass is 470 g/mol. The van der Waals surface area contributed by atoms with Crippen molar-refractivity contribution in [3.63, 3.8) is 0 Å². The van der Waals surface area contributed by atoms with Gasteiger partial charge in [0.25, 0.3) is 11.1 Å². The first-order valence-electron chi connectivity index (χ1n) is 10.9. The molecule has 6 nitrogen and oxygen atoms in total. The highest BCUT2D eigenvalue weighted by Gasteiger charge is 2.19. The summed E-state index contributed by atoms with van der Waals surface area (Å²) in [5.41, 5.74) is 6.86. The van der Waals surface area contributed by atoms with E-state index in [1.807, 2.05) is 56.3 Å². The Morgan fingerprint density at radius 3 is 2.21 bits per heavy atom. The Hall–Kier alpha value is -3.90. The van der Waals surface area contributed by atoms with Crippen molar-refractivity contribution in [1.82, 2.24) is 19.1 Å². The highest BCUT2D eigenvalue weighted by molar-refractivity contribution is 6.33. The van der Waals surface area contributed by atoms with E-state index in [9.17, 15) is 9.59 Å². The lowest BCUT2D eigenvalue weighted by Gasteiger charge is -2.14. The highest BCUT2D eigenvalue weighted by atomic mass is 35.5. The van der Waals surface area contributed by atoms with Crippen LogP contribution >= 0.6 is 11.6 Å². The number of benzene rings is 1. The minimum absolute atomic E-state index is 0.143. The largest absolute Gasteiger partial charge is 0.350 e. The minimum Gasteiger partial charge on any atom is -0.350 e. The third-order valence-corrected chi connectivity index (χ3v) is 6.37. The van der Waals surface area contributed by atoms with Gasteiger partial charge in [0.2, 0.25) is 0 Å². The Bertz CT molecular complexity index is 1690. The molecule has 7 heteroatoms. The summed E-state index contributed by atoms with van der Waals surface area (Å²) in [5.74, 6) is 0. The van der Waals surface area contributed by atoms with Gasteiger partial charge in [-0.3, -0.25) is 14.6 Å². The van der Waals surface area contributed by atoms with Crippen molar-refractivity contribution in [1.29, 1.82) is 0 Å². The minimum atomic E-state index is -0.149. The van der Waals surface area contributed by atoms with Crippen molar-refractivity contribution < 1.29 is 0 Å². The van der Waals surface area contributed by atoms with Gasteiger partial charge in [0.15, 0.2) is 0 Å². The van der Waals surface area contributed by atoms with E-state index in [-0.39, 0.29) is 11.1 Å². The molecule has 0 unspecified atom stereocenters. The van der Waals surface area contributed by atoms with E-state index in [1.54, 1.807) is 32.6 Å². The van der Waals surface area contributed by atoms with Crippen molar-refractivity contribution in [2.45, 2.75) is 13.8 Å². The van der Waals surface area contributed by atoms with Crippen LogP contribution in [0.2, 0.25) is 5.02 Å². The molecule has 1 N–H and O–H groups in total. The summed E-state index contributed by atoms with van der Waals surface area (Å²) < 4.78 is 3.07. The van der Waals surface area contributed by atoms with Crippen LogP contribution in [0.1, 0.15) is 11.4 Å². The van der Waals surface area contributed by atoms with Crippen LogP contribution in [-0.2, 0) is 14.1 Å². The number of aromatic nitrogens is 4. The summed E-state index contributed by atoms with van der Waals surface area (Å²) in [6, 6.07) is 15.1. The topological polar surface area (TPSA) is 72.7 Å². The fourth-order valence-corrected chi connectivity index (χ4v) is 4.68. The number of nitrogens with zero attached hydrogens (tertiary/aromatic N) is 3. The highest BCUT2D eigenvalue weighted by Crippen LogP contribution is 2.38. The van der Waals surface area contributed by atoms with Crippen molar-refractivity contribution in [3.8, 4) is 33.5 Å². The van der Waals surface area contributed by atoms with Crippen LogP contribution in [-0.4, -0.2) is 19.1 Å². The van der Waals surface area contributed by atoms with Crippen LogP contribution in [0.3, 0.4) is 0 Å². The van der Waals surface area contributed by atoms with Crippen molar-refractivity contribution in [3.05, 3.63) is 98.0 Å². The molecule has 0 aliphatic rings. The summed E-state index contributed by atoms with van der Waals surface area (Å²) in [4.78, 5) is 33.5. The van der Waals surface area contributed by atoms with E-state index < -0.39 is 0 Å². The second-order valence-corrected chi connectivity index (χ2v) is 9.01. The van der Waals surface area contributed by atoms with Gasteiger partial charge in [-0.1, -0.05) is 29.8 Å². The van der Waals surface area contributed by atoms with Gasteiger partial charge in [-0.15, -0.1) is 0 Å². The van der Waals surface area contributed by atoms with Crippen molar-refractivity contribution in [2.75, 3.05) is 0 Å². The van der Waals surface area contributed by atoms with Gasteiger partial charge in [0, 0.05) is 82.3 Å². The van der Waals surface area contributed by atoms with Crippen LogP contribution in [0.5, 0.6) is 0 Å². The zero-order chi connectivity index (χ0) is 24.1. The van der Waals surface area contributed by atoms with Crippen LogP contribution in [0.15, 0.2) is 70.5 Å². The second-order valence-electron chi connectivity index (χ2n) is 8.60. The number of aromatic amines is 1. The quantitative estimate of drug-likeness (QED) is 0.392.